The maximum absolute atomic E-state index is 11.6. The fourth-order valence-electron chi connectivity index (χ4n) is 1.95. The van der Waals surface area contributed by atoms with Crippen molar-refractivity contribution < 1.29 is 9.53 Å². The van der Waals surface area contributed by atoms with E-state index in [1.807, 2.05) is 0 Å². The quantitative estimate of drug-likeness (QED) is 0.654. The number of ether oxygens (including phenoxy) is 1. The van der Waals surface area contributed by atoms with Crippen LogP contribution < -0.4 is 5.73 Å². The second-order valence-corrected chi connectivity index (χ2v) is 5.45. The van der Waals surface area contributed by atoms with Crippen molar-refractivity contribution in [3.8, 4) is 0 Å². The van der Waals surface area contributed by atoms with Gasteiger partial charge in [-0.2, -0.15) is 0 Å². The van der Waals surface area contributed by atoms with Crippen molar-refractivity contribution in [2.24, 2.45) is 11.7 Å². The van der Waals surface area contributed by atoms with Crippen molar-refractivity contribution in [3.63, 3.8) is 0 Å². The summed E-state index contributed by atoms with van der Waals surface area (Å²) >= 11 is 0. The maximum atomic E-state index is 11.6. The Labute approximate surface area is 104 Å². The van der Waals surface area contributed by atoms with Crippen LogP contribution in [0, 0.1) is 5.92 Å². The zero-order chi connectivity index (χ0) is 12.9. The molecule has 0 heterocycles. The van der Waals surface area contributed by atoms with Crippen LogP contribution in [-0.4, -0.2) is 43.2 Å². The molecule has 0 bridgehead atoms. The van der Waals surface area contributed by atoms with Crippen LogP contribution in [0.3, 0.4) is 0 Å². The van der Waals surface area contributed by atoms with Gasteiger partial charge in [0.2, 0.25) is 0 Å². The highest BCUT2D eigenvalue weighted by atomic mass is 16.5. The Kier molecular flexibility index (Phi) is 5.40. The van der Waals surface area contributed by atoms with Gasteiger partial charge >= 0.3 is 5.97 Å². The van der Waals surface area contributed by atoms with Gasteiger partial charge in [-0.1, -0.05) is 0 Å². The van der Waals surface area contributed by atoms with Crippen molar-refractivity contribution in [2.75, 3.05) is 26.7 Å². The average Bonchev–Trinajstić information content (AvgIpc) is 3.01. The molecule has 0 aromatic rings. The Morgan fingerprint density at radius 1 is 1.53 bits per heavy atom. The van der Waals surface area contributed by atoms with Gasteiger partial charge in [0.25, 0.3) is 0 Å². The highest BCUT2D eigenvalue weighted by Gasteiger charge is 2.29. The van der Waals surface area contributed by atoms with E-state index in [4.69, 9.17) is 10.5 Å². The fourth-order valence-corrected chi connectivity index (χ4v) is 1.95. The van der Waals surface area contributed by atoms with Crippen molar-refractivity contribution in [1.82, 2.24) is 4.90 Å². The summed E-state index contributed by atoms with van der Waals surface area (Å²) in [6.07, 6.45) is 4.37. The molecule has 1 fully saturated rings. The Bertz CT molecular complexity index is 250. The summed E-state index contributed by atoms with van der Waals surface area (Å²) in [5.74, 6) is 0.624. The number of hydrogen-bond donors (Lipinski definition) is 1. The summed E-state index contributed by atoms with van der Waals surface area (Å²) in [4.78, 5) is 13.9. The molecular weight excluding hydrogens is 216 g/mol. The third kappa shape index (κ3) is 5.50. The van der Waals surface area contributed by atoms with Gasteiger partial charge in [-0.05, 0) is 59.0 Å². The minimum Gasteiger partial charge on any atom is -0.465 e. The summed E-state index contributed by atoms with van der Waals surface area (Å²) in [7, 11) is 2.14. The first-order chi connectivity index (χ1) is 7.95. The first kappa shape index (κ1) is 14.5. The lowest BCUT2D eigenvalue weighted by Crippen LogP contribution is -2.46. The first-order valence-corrected chi connectivity index (χ1v) is 6.60. The van der Waals surface area contributed by atoms with Gasteiger partial charge in [-0.25, -0.2) is 0 Å². The van der Waals surface area contributed by atoms with E-state index in [2.05, 4.69) is 11.9 Å². The second kappa shape index (κ2) is 6.36. The molecule has 0 aromatic heterocycles. The molecule has 0 aromatic carbocycles. The molecule has 0 aliphatic heterocycles. The number of nitrogens with zero attached hydrogens (tertiary/aromatic N) is 1. The molecular formula is C13H26N2O2. The monoisotopic (exact) mass is 242 g/mol. The molecule has 1 unspecified atom stereocenters. The highest BCUT2D eigenvalue weighted by Crippen LogP contribution is 2.29. The maximum Gasteiger partial charge on any atom is 0.325 e. The number of nitrogens with two attached hydrogens (primary N) is 1. The summed E-state index contributed by atoms with van der Waals surface area (Å²) in [6.45, 7) is 6.14. The van der Waals surface area contributed by atoms with E-state index < -0.39 is 5.54 Å². The van der Waals surface area contributed by atoms with Crippen LogP contribution in [0.2, 0.25) is 0 Å². The third-order valence-corrected chi connectivity index (χ3v) is 3.24. The van der Waals surface area contributed by atoms with E-state index in [0.29, 0.717) is 13.0 Å². The van der Waals surface area contributed by atoms with Gasteiger partial charge in [0.15, 0.2) is 0 Å². The minimum absolute atomic E-state index is 0.287. The average molecular weight is 242 g/mol. The van der Waals surface area contributed by atoms with Crippen LogP contribution in [0.15, 0.2) is 0 Å². The van der Waals surface area contributed by atoms with Crippen LogP contribution in [0.1, 0.15) is 39.5 Å². The normalized spacial score (nSPS) is 19.1. The Morgan fingerprint density at radius 2 is 2.18 bits per heavy atom. The third-order valence-electron chi connectivity index (χ3n) is 3.24. The molecule has 4 nitrogen and oxygen atoms in total. The van der Waals surface area contributed by atoms with Crippen LogP contribution in [-0.2, 0) is 9.53 Å². The molecule has 4 heteroatoms. The molecule has 1 saturated carbocycles. The first-order valence-electron chi connectivity index (χ1n) is 6.60. The zero-order valence-electron chi connectivity index (χ0n) is 11.4. The molecule has 0 saturated heterocycles. The molecule has 2 N–H and O–H groups in total. The lowest BCUT2D eigenvalue weighted by atomic mass is 9.97. The predicted molar refractivity (Wildman–Crippen MR) is 68.7 cm³/mol. The minimum atomic E-state index is -0.837. The van der Waals surface area contributed by atoms with Crippen molar-refractivity contribution >= 4 is 5.97 Å². The van der Waals surface area contributed by atoms with Crippen molar-refractivity contribution in [3.05, 3.63) is 0 Å². The summed E-state index contributed by atoms with van der Waals surface area (Å²) < 4.78 is 4.96. The van der Waals surface area contributed by atoms with E-state index in [-0.39, 0.29) is 5.97 Å². The smallest absolute Gasteiger partial charge is 0.325 e. The van der Waals surface area contributed by atoms with Crippen LogP contribution in [0.4, 0.5) is 0 Å². The molecule has 17 heavy (non-hydrogen) atoms. The van der Waals surface area contributed by atoms with E-state index >= 15 is 0 Å². The molecule has 0 spiro atoms. The largest absolute Gasteiger partial charge is 0.465 e. The van der Waals surface area contributed by atoms with Gasteiger partial charge in [0, 0.05) is 6.54 Å². The summed E-state index contributed by atoms with van der Waals surface area (Å²) in [6, 6.07) is 0. The van der Waals surface area contributed by atoms with Crippen LogP contribution >= 0.6 is 0 Å². The molecule has 1 atom stereocenters. The highest BCUT2D eigenvalue weighted by molar-refractivity contribution is 5.79. The standard InChI is InChI=1S/C13H26N2O2/c1-4-17-12(16)13(2,14)8-5-9-15(3)10-11-6-7-11/h11H,4-10,14H2,1-3H3. The van der Waals surface area contributed by atoms with Gasteiger partial charge in [0.1, 0.15) is 5.54 Å². The molecule has 0 radical (unpaired) electrons. The van der Waals surface area contributed by atoms with E-state index in [1.54, 1.807) is 13.8 Å². The predicted octanol–water partition coefficient (Wildman–Crippen LogP) is 1.39. The topological polar surface area (TPSA) is 55.6 Å². The lowest BCUT2D eigenvalue weighted by molar-refractivity contribution is -0.149. The zero-order valence-corrected chi connectivity index (χ0v) is 11.4. The Hall–Kier alpha value is -0.610. The lowest BCUT2D eigenvalue weighted by Gasteiger charge is -2.23. The number of rotatable bonds is 8. The van der Waals surface area contributed by atoms with Gasteiger partial charge < -0.3 is 15.4 Å². The van der Waals surface area contributed by atoms with Crippen LogP contribution in [0.5, 0.6) is 0 Å². The molecule has 1 aliphatic rings. The Morgan fingerprint density at radius 3 is 2.71 bits per heavy atom. The molecule has 1 rings (SSSR count). The molecule has 1 aliphatic carbocycles. The van der Waals surface area contributed by atoms with E-state index in [1.165, 1.54) is 19.4 Å². The van der Waals surface area contributed by atoms with Gasteiger partial charge in [-0.15, -0.1) is 0 Å². The van der Waals surface area contributed by atoms with Crippen LogP contribution in [0.25, 0.3) is 0 Å². The van der Waals surface area contributed by atoms with E-state index in [9.17, 15) is 4.79 Å². The Balaban J connectivity index is 2.16. The van der Waals surface area contributed by atoms with E-state index in [0.717, 1.165) is 18.9 Å². The number of carbonyl (C=O) groups is 1. The van der Waals surface area contributed by atoms with Crippen molar-refractivity contribution in [1.29, 1.82) is 0 Å². The molecule has 0 amide bonds. The van der Waals surface area contributed by atoms with Gasteiger partial charge in [0.05, 0.1) is 6.61 Å². The molecule has 100 valence electrons. The summed E-state index contributed by atoms with van der Waals surface area (Å²) in [5.41, 5.74) is 5.12. The number of esters is 1. The second-order valence-electron chi connectivity index (χ2n) is 5.45. The van der Waals surface area contributed by atoms with Crippen molar-refractivity contribution in [2.45, 2.75) is 45.1 Å². The fraction of sp³-hybridized carbons (Fsp3) is 0.923. The number of carbonyl (C=O) groups excluding carboxylic acids is 1. The van der Waals surface area contributed by atoms with Gasteiger partial charge in [-0.3, -0.25) is 4.79 Å². The SMILES string of the molecule is CCOC(=O)C(C)(N)CCCN(C)CC1CC1. The number of hydrogen-bond acceptors (Lipinski definition) is 4. The summed E-state index contributed by atoms with van der Waals surface area (Å²) in [5, 5.41) is 0.